The molecule has 0 saturated carbocycles. The predicted molar refractivity (Wildman–Crippen MR) is 129 cm³/mol. The summed E-state index contributed by atoms with van der Waals surface area (Å²) in [6.07, 6.45) is 3.45. The number of halogens is 3. The molecule has 186 valence electrons. The molecule has 0 bridgehead atoms. The van der Waals surface area contributed by atoms with Crippen molar-refractivity contribution in [3.63, 3.8) is 0 Å². The van der Waals surface area contributed by atoms with Crippen LogP contribution in [-0.4, -0.2) is 32.4 Å². The van der Waals surface area contributed by atoms with Crippen molar-refractivity contribution in [3.05, 3.63) is 88.9 Å². The second kappa shape index (κ2) is 10.2. The highest BCUT2D eigenvalue weighted by molar-refractivity contribution is 5.95. The zero-order valence-electron chi connectivity index (χ0n) is 19.6. The average molecular weight is 496 g/mol. The van der Waals surface area contributed by atoms with Gasteiger partial charge in [0.15, 0.2) is 0 Å². The fraction of sp³-hybridized carbons (Fsp3) is 0.192. The van der Waals surface area contributed by atoms with Gasteiger partial charge in [0, 0.05) is 36.1 Å². The lowest BCUT2D eigenvalue weighted by molar-refractivity contribution is 0.0912. The molecule has 4 rings (SSSR count). The number of aryl methyl sites for hydroxylation is 2. The fourth-order valence-corrected chi connectivity index (χ4v) is 4.03. The van der Waals surface area contributed by atoms with Crippen LogP contribution < -0.4 is 11.1 Å². The second-order valence-electron chi connectivity index (χ2n) is 8.39. The number of aliphatic hydroxyl groups is 1. The lowest BCUT2D eigenvalue weighted by Gasteiger charge is -2.18. The molecule has 36 heavy (non-hydrogen) atoms. The minimum Gasteiger partial charge on any atom is -0.394 e. The number of benzene rings is 2. The predicted octanol–water partition coefficient (Wildman–Crippen LogP) is 4.25. The summed E-state index contributed by atoms with van der Waals surface area (Å²) in [5, 5.41) is 16.5. The lowest BCUT2D eigenvalue weighted by atomic mass is 9.99. The number of hydrogen-bond donors (Lipinski definition) is 3. The van der Waals surface area contributed by atoms with Crippen molar-refractivity contribution < 1.29 is 23.1 Å². The third-order valence-corrected chi connectivity index (χ3v) is 5.79. The maximum Gasteiger partial charge on any atom is 0.254 e. The molecule has 4 N–H and O–H groups in total. The van der Waals surface area contributed by atoms with Gasteiger partial charge in [0.05, 0.1) is 23.9 Å². The zero-order chi connectivity index (χ0) is 26.0. The number of alkyl halides is 1. The van der Waals surface area contributed by atoms with Crippen LogP contribution in [0, 0.1) is 18.6 Å². The van der Waals surface area contributed by atoms with Crippen molar-refractivity contribution in [3.8, 4) is 22.3 Å². The topological polar surface area (TPSA) is 106 Å². The van der Waals surface area contributed by atoms with Crippen LogP contribution in [0.25, 0.3) is 22.3 Å². The van der Waals surface area contributed by atoms with Gasteiger partial charge in [0.25, 0.3) is 5.91 Å². The van der Waals surface area contributed by atoms with Crippen molar-refractivity contribution in [2.24, 2.45) is 7.05 Å². The van der Waals surface area contributed by atoms with Gasteiger partial charge in [-0.05, 0) is 53.9 Å². The third-order valence-electron chi connectivity index (χ3n) is 5.79. The maximum absolute atomic E-state index is 15.0. The van der Waals surface area contributed by atoms with Crippen molar-refractivity contribution in [1.29, 1.82) is 0 Å². The molecule has 10 heteroatoms. The number of nitrogens with two attached hydrogens (primary N) is 1. The molecule has 0 saturated heterocycles. The molecule has 7 nitrogen and oxygen atoms in total. The summed E-state index contributed by atoms with van der Waals surface area (Å²) in [5.74, 6) is -2.17. The summed E-state index contributed by atoms with van der Waals surface area (Å²) in [6, 6.07) is 8.12. The van der Waals surface area contributed by atoms with Gasteiger partial charge in [-0.2, -0.15) is 5.10 Å². The van der Waals surface area contributed by atoms with Gasteiger partial charge in [0.2, 0.25) is 0 Å². The summed E-state index contributed by atoms with van der Waals surface area (Å²) in [5.41, 5.74) is 9.28. The number of pyridine rings is 1. The Labute approximate surface area is 205 Å². The maximum atomic E-state index is 15.0. The van der Waals surface area contributed by atoms with Gasteiger partial charge in [-0.3, -0.25) is 9.48 Å². The monoisotopic (exact) mass is 495 g/mol. The summed E-state index contributed by atoms with van der Waals surface area (Å²) in [7, 11) is 1.80. The van der Waals surface area contributed by atoms with Crippen LogP contribution in [0.2, 0.25) is 0 Å². The van der Waals surface area contributed by atoms with E-state index in [0.29, 0.717) is 11.1 Å². The summed E-state index contributed by atoms with van der Waals surface area (Å²) >= 11 is 0. The normalized spacial score (nSPS) is 11.9. The number of nitrogens with zero attached hydrogens (tertiary/aromatic N) is 3. The van der Waals surface area contributed by atoms with Crippen molar-refractivity contribution in [2.75, 3.05) is 12.3 Å². The summed E-state index contributed by atoms with van der Waals surface area (Å²) < 4.78 is 43.5. The van der Waals surface area contributed by atoms with Crippen LogP contribution in [-0.2, 0) is 13.7 Å². The molecule has 2 aromatic heterocycles. The molecule has 2 heterocycles. The first-order valence-corrected chi connectivity index (χ1v) is 11.0. The Morgan fingerprint density at radius 3 is 2.56 bits per heavy atom. The van der Waals surface area contributed by atoms with Crippen molar-refractivity contribution in [2.45, 2.75) is 19.6 Å². The van der Waals surface area contributed by atoms with Crippen LogP contribution >= 0.6 is 0 Å². The molecule has 2 aromatic carbocycles. The first kappa shape index (κ1) is 24.9. The van der Waals surface area contributed by atoms with E-state index < -0.39 is 36.9 Å². The smallest absolute Gasteiger partial charge is 0.254 e. The second-order valence-corrected chi connectivity index (χ2v) is 8.39. The first-order valence-electron chi connectivity index (χ1n) is 11.0. The molecular weight excluding hydrogens is 471 g/mol. The van der Waals surface area contributed by atoms with E-state index >= 15 is 4.39 Å². The number of aliphatic hydroxyl groups excluding tert-OH is 1. The van der Waals surface area contributed by atoms with E-state index in [0.717, 1.165) is 29.0 Å². The molecule has 1 unspecified atom stereocenters. The molecule has 4 aromatic rings. The average Bonchev–Trinajstić information content (AvgIpc) is 3.19. The molecule has 0 aliphatic heterocycles. The summed E-state index contributed by atoms with van der Waals surface area (Å²) in [6.45, 7) is 0.357. The lowest BCUT2D eigenvalue weighted by Crippen LogP contribution is -2.31. The molecule has 0 aliphatic rings. The highest BCUT2D eigenvalue weighted by Gasteiger charge is 2.20. The molecular formula is C26H24F3N5O2. The minimum absolute atomic E-state index is 0.0585. The van der Waals surface area contributed by atoms with Gasteiger partial charge in [0.1, 0.15) is 24.1 Å². The van der Waals surface area contributed by atoms with E-state index in [1.54, 1.807) is 24.0 Å². The van der Waals surface area contributed by atoms with Gasteiger partial charge >= 0.3 is 0 Å². The van der Waals surface area contributed by atoms with Crippen LogP contribution in [0.15, 0.2) is 54.9 Å². The number of carbonyl (C=O) groups excluding carboxylic acids is 1. The number of aromatic nitrogens is 3. The minimum atomic E-state index is -1.06. The highest BCUT2D eigenvalue weighted by Crippen LogP contribution is 2.31. The summed E-state index contributed by atoms with van der Waals surface area (Å²) in [4.78, 5) is 17.0. The number of rotatable bonds is 7. The zero-order valence-corrected chi connectivity index (χ0v) is 19.6. The number of nitrogens with one attached hydrogen (secondary N) is 1. The Morgan fingerprint density at radius 2 is 1.92 bits per heavy atom. The van der Waals surface area contributed by atoms with Crippen LogP contribution in [0.1, 0.15) is 33.2 Å². The molecule has 0 radical (unpaired) electrons. The van der Waals surface area contributed by atoms with Crippen molar-refractivity contribution in [1.82, 2.24) is 20.1 Å². The molecule has 0 aliphatic carbocycles. The Morgan fingerprint density at radius 1 is 1.14 bits per heavy atom. The van der Waals surface area contributed by atoms with Crippen molar-refractivity contribution >= 4 is 11.7 Å². The van der Waals surface area contributed by atoms with E-state index in [-0.39, 0.29) is 22.5 Å². The number of anilines is 1. The van der Waals surface area contributed by atoms with Crippen LogP contribution in [0.3, 0.4) is 0 Å². The van der Waals surface area contributed by atoms with Gasteiger partial charge in [-0.1, -0.05) is 12.1 Å². The molecule has 1 atom stereocenters. The standard InChI is InChI=1S/C26H24F3N5O2/c1-14-22(12-34(2)33-14)18-8-21(25(30)31-11-18)16-3-4-20(23(29)9-16)26(36)32-24(13-35)17-5-15(10-27)6-19(28)7-17/h3-9,11-12,24,35H,10,13H2,1-2H3,(H2,30,31)(H,32,36). The van der Waals surface area contributed by atoms with E-state index in [1.165, 1.54) is 24.3 Å². The van der Waals surface area contributed by atoms with E-state index in [4.69, 9.17) is 5.73 Å². The SMILES string of the molecule is Cc1nn(C)cc1-c1cnc(N)c(-c2ccc(C(=O)NC(CO)c3cc(F)cc(CF)c3)c(F)c2)c1. The quantitative estimate of drug-likeness (QED) is 0.356. The fourth-order valence-electron chi connectivity index (χ4n) is 4.03. The van der Waals surface area contributed by atoms with Crippen LogP contribution in [0.4, 0.5) is 19.0 Å². The number of amides is 1. The Kier molecular flexibility index (Phi) is 7.07. The number of nitrogen functional groups attached to an aromatic ring is 1. The van der Waals surface area contributed by atoms with Crippen LogP contribution in [0.5, 0.6) is 0 Å². The Balaban J connectivity index is 1.61. The van der Waals surface area contributed by atoms with E-state index in [1.807, 2.05) is 13.1 Å². The molecule has 0 fully saturated rings. The highest BCUT2D eigenvalue weighted by atomic mass is 19.1. The largest absolute Gasteiger partial charge is 0.394 e. The Hall–Kier alpha value is -4.18. The Bertz CT molecular complexity index is 1440. The molecule has 1 amide bonds. The third kappa shape index (κ3) is 5.08. The number of carbonyl (C=O) groups is 1. The van der Waals surface area contributed by atoms with E-state index in [2.05, 4.69) is 15.4 Å². The molecule has 0 spiro atoms. The number of hydrogen-bond acceptors (Lipinski definition) is 5. The van der Waals surface area contributed by atoms with Gasteiger partial charge in [-0.25, -0.2) is 18.2 Å². The first-order chi connectivity index (χ1) is 17.2. The van der Waals surface area contributed by atoms with Gasteiger partial charge < -0.3 is 16.2 Å². The van der Waals surface area contributed by atoms with Gasteiger partial charge in [-0.15, -0.1) is 0 Å². The van der Waals surface area contributed by atoms with E-state index in [9.17, 15) is 18.7 Å².